The van der Waals surface area contributed by atoms with E-state index in [1.807, 2.05) is 18.2 Å². The van der Waals surface area contributed by atoms with Gasteiger partial charge in [-0.1, -0.05) is 46.6 Å². The number of carbonyl (C=O) groups is 1. The van der Waals surface area contributed by atoms with Crippen LogP contribution < -0.4 is 11.1 Å². The summed E-state index contributed by atoms with van der Waals surface area (Å²) in [7, 11) is 0. The Morgan fingerprint density at radius 3 is 2.52 bits per heavy atom. The molecule has 1 amide bonds. The van der Waals surface area contributed by atoms with Crippen molar-refractivity contribution >= 4 is 39.1 Å². The molecule has 5 heteroatoms. The summed E-state index contributed by atoms with van der Waals surface area (Å²) in [6.07, 6.45) is 0.913. The molecule has 0 saturated heterocycles. The van der Waals surface area contributed by atoms with E-state index in [1.54, 1.807) is 12.1 Å². The third-order valence-corrected chi connectivity index (χ3v) is 4.11. The van der Waals surface area contributed by atoms with E-state index in [4.69, 9.17) is 17.3 Å². The van der Waals surface area contributed by atoms with Crippen molar-refractivity contribution in [2.75, 3.05) is 5.32 Å². The van der Waals surface area contributed by atoms with Gasteiger partial charge in [-0.15, -0.1) is 0 Å². The second kappa shape index (κ2) is 6.96. The Morgan fingerprint density at radius 1 is 1.29 bits per heavy atom. The maximum absolute atomic E-state index is 11.3. The normalized spacial score (nSPS) is 12.0. The zero-order valence-corrected chi connectivity index (χ0v) is 13.9. The Kier molecular flexibility index (Phi) is 5.26. The molecule has 2 aromatic rings. The number of amides is 1. The highest BCUT2D eigenvalue weighted by molar-refractivity contribution is 9.10. The van der Waals surface area contributed by atoms with E-state index in [1.165, 1.54) is 5.56 Å². The molecule has 0 heterocycles. The summed E-state index contributed by atoms with van der Waals surface area (Å²) in [4.78, 5) is 11.3. The summed E-state index contributed by atoms with van der Waals surface area (Å²) in [6.45, 7) is 2.10. The highest BCUT2D eigenvalue weighted by Gasteiger charge is 2.12. The fraction of sp³-hybridized carbons (Fsp3) is 0.188. The molecule has 3 nitrogen and oxygen atoms in total. The molecule has 0 radical (unpaired) electrons. The first kappa shape index (κ1) is 15.9. The van der Waals surface area contributed by atoms with E-state index < -0.39 is 5.91 Å². The van der Waals surface area contributed by atoms with E-state index in [0.717, 1.165) is 16.6 Å². The van der Waals surface area contributed by atoms with Gasteiger partial charge in [-0.3, -0.25) is 4.79 Å². The van der Waals surface area contributed by atoms with Crippen LogP contribution in [-0.4, -0.2) is 5.91 Å². The van der Waals surface area contributed by atoms with Crippen molar-refractivity contribution in [3.05, 3.63) is 63.1 Å². The Bertz CT molecular complexity index is 643. The number of carbonyl (C=O) groups excluding carboxylic acids is 1. The number of anilines is 1. The van der Waals surface area contributed by atoms with E-state index in [-0.39, 0.29) is 6.04 Å². The van der Waals surface area contributed by atoms with Crippen LogP contribution in [0.4, 0.5) is 5.69 Å². The molecule has 1 atom stereocenters. The van der Waals surface area contributed by atoms with Crippen LogP contribution in [0.3, 0.4) is 0 Å². The van der Waals surface area contributed by atoms with Crippen LogP contribution in [0, 0.1) is 0 Å². The highest BCUT2D eigenvalue weighted by atomic mass is 79.9. The third-order valence-electron chi connectivity index (χ3n) is 3.25. The Balaban J connectivity index is 2.24. The van der Waals surface area contributed by atoms with Crippen molar-refractivity contribution in [1.29, 1.82) is 0 Å². The number of halogens is 2. The first-order valence-electron chi connectivity index (χ1n) is 6.62. The molecule has 110 valence electrons. The van der Waals surface area contributed by atoms with Gasteiger partial charge in [0.2, 0.25) is 5.91 Å². The van der Waals surface area contributed by atoms with Crippen molar-refractivity contribution in [3.8, 4) is 0 Å². The lowest BCUT2D eigenvalue weighted by atomic mass is 10.0. The predicted molar refractivity (Wildman–Crippen MR) is 90.8 cm³/mol. The summed E-state index contributed by atoms with van der Waals surface area (Å²) in [5.74, 6) is -0.527. The van der Waals surface area contributed by atoms with Crippen LogP contribution in [0.5, 0.6) is 0 Å². The predicted octanol–water partition coefficient (Wildman–Crippen LogP) is 4.76. The molecule has 21 heavy (non-hydrogen) atoms. The monoisotopic (exact) mass is 366 g/mol. The molecule has 0 aliphatic heterocycles. The Labute approximate surface area is 137 Å². The number of benzene rings is 2. The van der Waals surface area contributed by atoms with Crippen LogP contribution in [0.25, 0.3) is 0 Å². The average molecular weight is 368 g/mol. The lowest BCUT2D eigenvalue weighted by Crippen LogP contribution is -2.14. The quantitative estimate of drug-likeness (QED) is 0.800. The van der Waals surface area contributed by atoms with E-state index in [2.05, 4.69) is 40.3 Å². The molecular formula is C16H16BrClN2O. The molecule has 0 saturated carbocycles. The fourth-order valence-corrected chi connectivity index (χ4v) is 2.60. The van der Waals surface area contributed by atoms with Gasteiger partial charge in [0.05, 0.1) is 16.6 Å². The van der Waals surface area contributed by atoms with Crippen molar-refractivity contribution in [2.45, 2.75) is 19.4 Å². The van der Waals surface area contributed by atoms with Crippen LogP contribution in [-0.2, 0) is 0 Å². The van der Waals surface area contributed by atoms with Crippen LogP contribution in [0.1, 0.15) is 35.3 Å². The van der Waals surface area contributed by atoms with E-state index in [9.17, 15) is 4.79 Å². The molecule has 0 spiro atoms. The number of nitrogens with one attached hydrogen (secondary N) is 1. The van der Waals surface area contributed by atoms with Crippen LogP contribution >= 0.6 is 27.5 Å². The zero-order valence-electron chi connectivity index (χ0n) is 11.6. The molecular weight excluding hydrogens is 352 g/mol. The number of rotatable bonds is 5. The molecule has 0 aromatic heterocycles. The minimum atomic E-state index is -0.527. The minimum absolute atomic E-state index is 0.153. The number of hydrogen-bond acceptors (Lipinski definition) is 2. The van der Waals surface area contributed by atoms with Gasteiger partial charge in [-0.2, -0.15) is 0 Å². The first-order valence-corrected chi connectivity index (χ1v) is 7.79. The van der Waals surface area contributed by atoms with Gasteiger partial charge in [0.1, 0.15) is 0 Å². The summed E-state index contributed by atoms with van der Waals surface area (Å²) >= 11 is 9.39. The van der Waals surface area contributed by atoms with E-state index in [0.29, 0.717) is 10.6 Å². The Morgan fingerprint density at radius 2 is 1.95 bits per heavy atom. The summed E-state index contributed by atoms with van der Waals surface area (Å²) in [6, 6.07) is 13.5. The summed E-state index contributed by atoms with van der Waals surface area (Å²) in [5.41, 5.74) is 7.64. The topological polar surface area (TPSA) is 55.1 Å². The number of hydrogen-bond donors (Lipinski definition) is 2. The maximum Gasteiger partial charge on any atom is 0.250 e. The standard InChI is InChI=1S/C16H16BrClN2O/c1-2-15(10-3-5-11(17)6-4-10)20-12-7-8-14(18)13(9-12)16(19)21/h3-9,15,20H,2H2,1H3,(H2,19,21). The minimum Gasteiger partial charge on any atom is -0.378 e. The molecule has 3 N–H and O–H groups in total. The van der Waals surface area contributed by atoms with Gasteiger partial charge in [-0.05, 0) is 42.3 Å². The SMILES string of the molecule is CCC(Nc1ccc(Cl)c(C(N)=O)c1)c1ccc(Br)cc1. The molecule has 2 rings (SSSR count). The van der Waals surface area contributed by atoms with Crippen molar-refractivity contribution in [1.82, 2.24) is 0 Å². The molecule has 0 bridgehead atoms. The second-order valence-corrected chi connectivity index (χ2v) is 6.04. The summed E-state index contributed by atoms with van der Waals surface area (Å²) < 4.78 is 1.05. The zero-order chi connectivity index (χ0) is 15.4. The van der Waals surface area contributed by atoms with Gasteiger partial charge in [0, 0.05) is 10.2 Å². The van der Waals surface area contributed by atoms with Crippen molar-refractivity contribution in [3.63, 3.8) is 0 Å². The molecule has 2 aromatic carbocycles. The largest absolute Gasteiger partial charge is 0.378 e. The van der Waals surface area contributed by atoms with Gasteiger partial charge in [0.15, 0.2) is 0 Å². The highest BCUT2D eigenvalue weighted by Crippen LogP contribution is 2.26. The third kappa shape index (κ3) is 3.99. The van der Waals surface area contributed by atoms with Gasteiger partial charge in [-0.25, -0.2) is 0 Å². The molecule has 1 unspecified atom stereocenters. The molecule has 0 aliphatic rings. The lowest BCUT2D eigenvalue weighted by molar-refractivity contribution is 0.100. The number of nitrogens with two attached hydrogens (primary N) is 1. The maximum atomic E-state index is 11.3. The fourth-order valence-electron chi connectivity index (χ4n) is 2.12. The Hall–Kier alpha value is -1.52. The van der Waals surface area contributed by atoms with Gasteiger partial charge < -0.3 is 11.1 Å². The number of primary amides is 1. The average Bonchev–Trinajstić information content (AvgIpc) is 2.47. The smallest absolute Gasteiger partial charge is 0.250 e. The van der Waals surface area contributed by atoms with Crippen molar-refractivity contribution < 1.29 is 4.79 Å². The van der Waals surface area contributed by atoms with Crippen LogP contribution in [0.2, 0.25) is 5.02 Å². The second-order valence-electron chi connectivity index (χ2n) is 4.72. The van der Waals surface area contributed by atoms with Gasteiger partial charge >= 0.3 is 0 Å². The van der Waals surface area contributed by atoms with Crippen LogP contribution in [0.15, 0.2) is 46.9 Å². The van der Waals surface area contributed by atoms with Crippen molar-refractivity contribution in [2.24, 2.45) is 5.73 Å². The van der Waals surface area contributed by atoms with E-state index >= 15 is 0 Å². The molecule has 0 aliphatic carbocycles. The lowest BCUT2D eigenvalue weighted by Gasteiger charge is -2.19. The summed E-state index contributed by atoms with van der Waals surface area (Å²) in [5, 5.41) is 3.77. The molecule has 0 fully saturated rings. The van der Waals surface area contributed by atoms with Gasteiger partial charge in [0.25, 0.3) is 0 Å². The first-order chi connectivity index (χ1) is 10.0.